The second-order valence-electron chi connectivity index (χ2n) is 5.02. The van der Waals surface area contributed by atoms with Gasteiger partial charge < -0.3 is 14.8 Å². The Balaban J connectivity index is 2.01. The van der Waals surface area contributed by atoms with Crippen LogP contribution < -0.4 is 5.32 Å². The first-order valence-corrected chi connectivity index (χ1v) is 6.86. The number of piperidine rings is 1. The number of anilines is 1. The fraction of sp³-hybridized carbons (Fsp3) is 0.643. The van der Waals surface area contributed by atoms with Crippen molar-refractivity contribution < 1.29 is 0 Å². The van der Waals surface area contributed by atoms with E-state index in [1.54, 1.807) is 0 Å². The Labute approximate surface area is 110 Å². The molecule has 1 aliphatic rings. The predicted octanol–water partition coefficient (Wildman–Crippen LogP) is 2.27. The molecule has 1 aromatic heterocycles. The summed E-state index contributed by atoms with van der Waals surface area (Å²) in [5.41, 5.74) is 1.06. The number of nitrogens with one attached hydrogen (secondary N) is 1. The van der Waals surface area contributed by atoms with Crippen LogP contribution in [0.3, 0.4) is 0 Å². The molecule has 0 bridgehead atoms. The van der Waals surface area contributed by atoms with Gasteiger partial charge in [-0.3, -0.25) is 0 Å². The highest BCUT2D eigenvalue weighted by Gasteiger charge is 2.19. The lowest BCUT2D eigenvalue weighted by atomic mass is 10.1. The zero-order chi connectivity index (χ0) is 13.0. The van der Waals surface area contributed by atoms with Gasteiger partial charge in [0.25, 0.3) is 0 Å². The number of imidazole rings is 1. The van der Waals surface area contributed by atoms with E-state index < -0.39 is 0 Å². The number of aromatic nitrogens is 2. The summed E-state index contributed by atoms with van der Waals surface area (Å²) in [5, 5.41) is 3.58. The zero-order valence-corrected chi connectivity index (χ0v) is 11.5. The Morgan fingerprint density at radius 3 is 3.17 bits per heavy atom. The molecule has 0 amide bonds. The molecule has 1 unspecified atom stereocenters. The first kappa shape index (κ1) is 13.1. The van der Waals surface area contributed by atoms with E-state index in [1.807, 2.05) is 13.0 Å². The minimum Gasteiger partial charge on any atom is -0.352 e. The summed E-state index contributed by atoms with van der Waals surface area (Å²) in [6.45, 7) is 12.4. The molecule has 4 nitrogen and oxygen atoms in total. The smallest absolute Gasteiger partial charge is 0.203 e. The van der Waals surface area contributed by atoms with E-state index >= 15 is 0 Å². The van der Waals surface area contributed by atoms with Gasteiger partial charge in [0.05, 0.1) is 5.69 Å². The molecule has 0 aromatic carbocycles. The second-order valence-corrected chi connectivity index (χ2v) is 5.02. The molecule has 1 N–H and O–H groups in total. The Kier molecular flexibility index (Phi) is 4.42. The van der Waals surface area contributed by atoms with Crippen LogP contribution in [0.2, 0.25) is 0 Å². The van der Waals surface area contributed by atoms with Crippen LogP contribution in [0.5, 0.6) is 0 Å². The first-order valence-electron chi connectivity index (χ1n) is 6.86. The Bertz CT molecular complexity index is 396. The highest BCUT2D eigenvalue weighted by molar-refractivity contribution is 5.31. The van der Waals surface area contributed by atoms with Crippen LogP contribution in [0.1, 0.15) is 25.5 Å². The van der Waals surface area contributed by atoms with Gasteiger partial charge in [-0.25, -0.2) is 4.98 Å². The molecule has 1 saturated heterocycles. The normalized spacial score (nSPS) is 20.9. The number of rotatable bonds is 5. The third-order valence-electron chi connectivity index (χ3n) is 3.51. The Hall–Kier alpha value is -1.29. The number of likely N-dealkylation sites (N-methyl/N-ethyl adjacent to an activating group) is 1. The van der Waals surface area contributed by atoms with Crippen molar-refractivity contribution in [2.24, 2.45) is 0 Å². The summed E-state index contributed by atoms with van der Waals surface area (Å²) in [7, 11) is 0. The number of nitrogens with zero attached hydrogens (tertiary/aromatic N) is 3. The molecule has 1 aliphatic heterocycles. The molecule has 2 heterocycles. The van der Waals surface area contributed by atoms with Crippen LogP contribution in [0, 0.1) is 6.92 Å². The number of hydrogen-bond acceptors (Lipinski definition) is 3. The van der Waals surface area contributed by atoms with Crippen molar-refractivity contribution in [1.82, 2.24) is 14.5 Å². The van der Waals surface area contributed by atoms with E-state index in [-0.39, 0.29) is 0 Å². The van der Waals surface area contributed by atoms with E-state index in [2.05, 4.69) is 39.5 Å². The SMILES string of the molecule is C=CCn1cc(C)nc1NC1CCCN(CC)C1. The van der Waals surface area contributed by atoms with Crippen LogP contribution >= 0.6 is 0 Å². The van der Waals surface area contributed by atoms with Crippen LogP contribution in [0.25, 0.3) is 0 Å². The van der Waals surface area contributed by atoms with Gasteiger partial charge in [-0.2, -0.15) is 0 Å². The number of hydrogen-bond donors (Lipinski definition) is 1. The van der Waals surface area contributed by atoms with Crippen molar-refractivity contribution in [3.63, 3.8) is 0 Å². The lowest BCUT2D eigenvalue weighted by Crippen LogP contribution is -2.42. The third-order valence-corrected chi connectivity index (χ3v) is 3.51. The molecule has 2 rings (SSSR count). The highest BCUT2D eigenvalue weighted by atomic mass is 15.2. The van der Waals surface area contributed by atoms with Gasteiger partial charge in [-0.05, 0) is 32.9 Å². The predicted molar refractivity (Wildman–Crippen MR) is 75.9 cm³/mol. The molecule has 0 spiro atoms. The van der Waals surface area contributed by atoms with Crippen LogP contribution in [-0.4, -0.2) is 40.1 Å². The quantitative estimate of drug-likeness (QED) is 0.812. The van der Waals surface area contributed by atoms with Crippen molar-refractivity contribution in [1.29, 1.82) is 0 Å². The fourth-order valence-corrected chi connectivity index (χ4v) is 2.58. The molecule has 1 aromatic rings. The average Bonchev–Trinajstić information content (AvgIpc) is 2.70. The van der Waals surface area contributed by atoms with Crippen molar-refractivity contribution >= 4 is 5.95 Å². The maximum absolute atomic E-state index is 4.56. The van der Waals surface area contributed by atoms with E-state index in [0.29, 0.717) is 6.04 Å². The van der Waals surface area contributed by atoms with Crippen molar-refractivity contribution in [3.05, 3.63) is 24.5 Å². The molecule has 1 fully saturated rings. The van der Waals surface area contributed by atoms with Gasteiger partial charge in [0.1, 0.15) is 0 Å². The van der Waals surface area contributed by atoms with E-state index in [0.717, 1.165) is 31.3 Å². The maximum atomic E-state index is 4.56. The lowest BCUT2D eigenvalue weighted by Gasteiger charge is -2.32. The van der Waals surface area contributed by atoms with Gasteiger partial charge in [-0.1, -0.05) is 13.0 Å². The fourth-order valence-electron chi connectivity index (χ4n) is 2.58. The van der Waals surface area contributed by atoms with Crippen molar-refractivity contribution in [3.8, 4) is 0 Å². The minimum absolute atomic E-state index is 0.518. The third kappa shape index (κ3) is 3.13. The summed E-state index contributed by atoms with van der Waals surface area (Å²) < 4.78 is 2.13. The summed E-state index contributed by atoms with van der Waals surface area (Å²) >= 11 is 0. The molecular weight excluding hydrogens is 224 g/mol. The summed E-state index contributed by atoms with van der Waals surface area (Å²) in [6.07, 6.45) is 6.49. The molecule has 4 heteroatoms. The lowest BCUT2D eigenvalue weighted by molar-refractivity contribution is 0.226. The number of allylic oxidation sites excluding steroid dienone is 1. The van der Waals surface area contributed by atoms with Gasteiger partial charge in [0.15, 0.2) is 0 Å². The molecular formula is C14H24N4. The Morgan fingerprint density at radius 1 is 1.61 bits per heavy atom. The monoisotopic (exact) mass is 248 g/mol. The largest absolute Gasteiger partial charge is 0.352 e. The van der Waals surface area contributed by atoms with E-state index in [1.165, 1.54) is 19.4 Å². The first-order chi connectivity index (χ1) is 8.72. The minimum atomic E-state index is 0.518. The number of likely N-dealkylation sites (tertiary alicyclic amines) is 1. The average molecular weight is 248 g/mol. The zero-order valence-electron chi connectivity index (χ0n) is 11.5. The number of aryl methyl sites for hydroxylation is 1. The molecule has 1 atom stereocenters. The van der Waals surface area contributed by atoms with E-state index in [9.17, 15) is 0 Å². The molecule has 18 heavy (non-hydrogen) atoms. The molecule has 0 radical (unpaired) electrons. The summed E-state index contributed by atoms with van der Waals surface area (Å²) in [6, 6.07) is 0.518. The standard InChI is InChI=1S/C14H24N4/c1-4-8-18-10-12(3)15-14(18)16-13-7-6-9-17(5-2)11-13/h4,10,13H,1,5-9,11H2,2-3H3,(H,15,16). The van der Waals surface area contributed by atoms with Crippen LogP contribution in [0.15, 0.2) is 18.9 Å². The highest BCUT2D eigenvalue weighted by Crippen LogP contribution is 2.16. The van der Waals surface area contributed by atoms with Crippen molar-refractivity contribution in [2.45, 2.75) is 39.3 Å². The molecule has 100 valence electrons. The van der Waals surface area contributed by atoms with Crippen LogP contribution in [-0.2, 0) is 6.54 Å². The van der Waals surface area contributed by atoms with E-state index in [4.69, 9.17) is 0 Å². The summed E-state index contributed by atoms with van der Waals surface area (Å²) in [5.74, 6) is 0.982. The molecule has 0 aliphatic carbocycles. The van der Waals surface area contributed by atoms with Gasteiger partial charge >= 0.3 is 0 Å². The summed E-state index contributed by atoms with van der Waals surface area (Å²) in [4.78, 5) is 7.05. The topological polar surface area (TPSA) is 33.1 Å². The van der Waals surface area contributed by atoms with Crippen LogP contribution in [0.4, 0.5) is 5.95 Å². The van der Waals surface area contributed by atoms with Gasteiger partial charge in [0, 0.05) is 25.3 Å². The second kappa shape index (κ2) is 6.05. The van der Waals surface area contributed by atoms with Gasteiger partial charge in [-0.15, -0.1) is 6.58 Å². The Morgan fingerprint density at radius 2 is 2.44 bits per heavy atom. The molecule has 0 saturated carbocycles. The maximum Gasteiger partial charge on any atom is 0.203 e. The van der Waals surface area contributed by atoms with Gasteiger partial charge in [0.2, 0.25) is 5.95 Å². The van der Waals surface area contributed by atoms with Crippen molar-refractivity contribution in [2.75, 3.05) is 25.0 Å².